The SMILES string of the molecule is Cc1cc2c(nc1C)c(=O)c(C(=O)Nc1cncc(C3CC3)c1)nn2-c1ccc(Cl)cc1F. The van der Waals surface area contributed by atoms with Gasteiger partial charge in [0.25, 0.3) is 5.91 Å². The zero-order valence-electron chi connectivity index (χ0n) is 17.9. The number of benzene rings is 1. The Morgan fingerprint density at radius 3 is 2.70 bits per heavy atom. The van der Waals surface area contributed by atoms with Gasteiger partial charge in [-0.1, -0.05) is 11.6 Å². The lowest BCUT2D eigenvalue weighted by Crippen LogP contribution is -2.28. The summed E-state index contributed by atoms with van der Waals surface area (Å²) in [6.07, 6.45) is 5.46. The number of halogens is 2. The summed E-state index contributed by atoms with van der Waals surface area (Å²) in [7, 11) is 0. The smallest absolute Gasteiger partial charge is 0.280 e. The fourth-order valence-corrected chi connectivity index (χ4v) is 3.83. The summed E-state index contributed by atoms with van der Waals surface area (Å²) < 4.78 is 16.0. The maximum Gasteiger partial charge on any atom is 0.280 e. The van der Waals surface area contributed by atoms with Crippen LogP contribution < -0.4 is 10.7 Å². The second kappa shape index (κ2) is 8.04. The predicted molar refractivity (Wildman–Crippen MR) is 124 cm³/mol. The largest absolute Gasteiger partial charge is 0.319 e. The average Bonchev–Trinajstić information content (AvgIpc) is 3.62. The summed E-state index contributed by atoms with van der Waals surface area (Å²) in [6.45, 7) is 3.59. The summed E-state index contributed by atoms with van der Waals surface area (Å²) in [5, 5.41) is 7.16. The van der Waals surface area contributed by atoms with Crippen molar-refractivity contribution in [1.82, 2.24) is 19.7 Å². The molecule has 33 heavy (non-hydrogen) atoms. The van der Waals surface area contributed by atoms with Gasteiger partial charge in [0, 0.05) is 16.9 Å². The molecule has 3 aromatic heterocycles. The van der Waals surface area contributed by atoms with E-state index in [2.05, 4.69) is 20.4 Å². The first-order valence-corrected chi connectivity index (χ1v) is 10.8. The number of rotatable bonds is 4. The highest BCUT2D eigenvalue weighted by atomic mass is 35.5. The molecule has 0 radical (unpaired) electrons. The number of pyridine rings is 2. The van der Waals surface area contributed by atoms with Crippen LogP contribution in [0.1, 0.15) is 46.1 Å². The molecule has 5 rings (SSSR count). The van der Waals surface area contributed by atoms with Gasteiger partial charge in [0.05, 0.1) is 17.4 Å². The van der Waals surface area contributed by atoms with Crippen LogP contribution in [0.4, 0.5) is 10.1 Å². The molecule has 1 fully saturated rings. The van der Waals surface area contributed by atoms with Gasteiger partial charge in [0.2, 0.25) is 5.43 Å². The molecule has 1 aliphatic carbocycles. The van der Waals surface area contributed by atoms with Crippen molar-refractivity contribution in [2.75, 3.05) is 5.32 Å². The van der Waals surface area contributed by atoms with E-state index in [0.29, 0.717) is 22.8 Å². The molecular weight excluding hydrogens is 445 g/mol. The lowest BCUT2D eigenvalue weighted by molar-refractivity contribution is 0.102. The number of fused-ring (bicyclic) bond motifs is 1. The highest BCUT2D eigenvalue weighted by Gasteiger charge is 2.25. The number of amides is 1. The number of hydrogen-bond acceptors (Lipinski definition) is 5. The van der Waals surface area contributed by atoms with E-state index in [4.69, 9.17) is 11.6 Å². The maximum atomic E-state index is 14.8. The van der Waals surface area contributed by atoms with Gasteiger partial charge in [-0.3, -0.25) is 14.6 Å². The van der Waals surface area contributed by atoms with Crippen molar-refractivity contribution in [3.8, 4) is 5.69 Å². The van der Waals surface area contributed by atoms with Crippen LogP contribution in [-0.4, -0.2) is 25.7 Å². The summed E-state index contributed by atoms with van der Waals surface area (Å²) in [5.74, 6) is -0.917. The van der Waals surface area contributed by atoms with Crippen LogP contribution in [0.3, 0.4) is 0 Å². The van der Waals surface area contributed by atoms with Gasteiger partial charge in [-0.25, -0.2) is 14.1 Å². The molecule has 1 aliphatic rings. The second-order valence-corrected chi connectivity index (χ2v) is 8.62. The third kappa shape index (κ3) is 3.98. The molecule has 3 heterocycles. The third-order valence-corrected chi connectivity index (χ3v) is 5.96. The first-order chi connectivity index (χ1) is 15.8. The standard InChI is InChI=1S/C24H19ClFN5O2/c1-12-7-20-21(28-13(12)2)23(32)22(30-31(20)19-6-5-16(25)9-18(19)26)24(33)29-17-8-15(10-27-11-17)14-3-4-14/h5-11,14H,3-4H2,1-2H3,(H,29,33). The number of aromatic nitrogens is 4. The topological polar surface area (TPSA) is 89.8 Å². The van der Waals surface area contributed by atoms with Gasteiger partial charge >= 0.3 is 0 Å². The van der Waals surface area contributed by atoms with Gasteiger partial charge in [0.15, 0.2) is 5.69 Å². The minimum atomic E-state index is -0.722. The van der Waals surface area contributed by atoms with E-state index in [1.165, 1.54) is 23.0 Å². The zero-order valence-corrected chi connectivity index (χ0v) is 18.7. The first-order valence-electron chi connectivity index (χ1n) is 10.4. The molecular formula is C24H19ClFN5O2. The Morgan fingerprint density at radius 2 is 1.97 bits per heavy atom. The Bertz CT molecular complexity index is 1500. The first kappa shape index (κ1) is 21.2. The maximum absolute atomic E-state index is 14.8. The average molecular weight is 464 g/mol. The van der Waals surface area contributed by atoms with E-state index >= 15 is 0 Å². The zero-order chi connectivity index (χ0) is 23.3. The number of aryl methyl sites for hydroxylation is 2. The molecule has 1 N–H and O–H groups in total. The molecule has 0 unspecified atom stereocenters. The highest BCUT2D eigenvalue weighted by molar-refractivity contribution is 6.30. The van der Waals surface area contributed by atoms with Crippen LogP contribution >= 0.6 is 11.6 Å². The molecule has 1 amide bonds. The fraction of sp³-hybridized carbons (Fsp3) is 0.208. The predicted octanol–water partition coefficient (Wildman–Crippen LogP) is 4.71. The van der Waals surface area contributed by atoms with Crippen LogP contribution in [0.25, 0.3) is 16.7 Å². The molecule has 9 heteroatoms. The normalized spacial score (nSPS) is 13.3. The molecule has 0 aliphatic heterocycles. The summed E-state index contributed by atoms with van der Waals surface area (Å²) in [6, 6.07) is 7.63. The Balaban J connectivity index is 1.66. The Kier molecular flexibility index (Phi) is 5.17. The van der Waals surface area contributed by atoms with Gasteiger partial charge in [0.1, 0.15) is 17.0 Å². The molecule has 4 aromatic rings. The monoisotopic (exact) mass is 463 g/mol. The van der Waals surface area contributed by atoms with Crippen LogP contribution in [0.15, 0.2) is 47.5 Å². The molecule has 0 saturated heterocycles. The fourth-order valence-electron chi connectivity index (χ4n) is 3.67. The van der Waals surface area contributed by atoms with Crippen molar-refractivity contribution in [2.24, 2.45) is 0 Å². The van der Waals surface area contributed by atoms with E-state index in [1.807, 2.05) is 13.0 Å². The Hall–Kier alpha value is -3.65. The van der Waals surface area contributed by atoms with Gasteiger partial charge in [-0.2, -0.15) is 5.10 Å². The van der Waals surface area contributed by atoms with Crippen molar-refractivity contribution in [1.29, 1.82) is 0 Å². The van der Waals surface area contributed by atoms with Crippen LogP contribution in [0.5, 0.6) is 0 Å². The summed E-state index contributed by atoms with van der Waals surface area (Å²) in [5.41, 5.74) is 2.24. The molecule has 166 valence electrons. The highest BCUT2D eigenvalue weighted by Crippen LogP contribution is 2.40. The van der Waals surface area contributed by atoms with Crippen LogP contribution in [0.2, 0.25) is 5.02 Å². The Labute approximate surface area is 193 Å². The van der Waals surface area contributed by atoms with E-state index in [0.717, 1.165) is 30.0 Å². The second-order valence-electron chi connectivity index (χ2n) is 8.18. The van der Waals surface area contributed by atoms with E-state index in [-0.39, 0.29) is 16.2 Å². The molecule has 1 saturated carbocycles. The van der Waals surface area contributed by atoms with Gasteiger partial charge < -0.3 is 5.32 Å². The molecule has 0 bridgehead atoms. The number of nitrogens with zero attached hydrogens (tertiary/aromatic N) is 4. The molecule has 0 atom stereocenters. The summed E-state index contributed by atoms with van der Waals surface area (Å²) in [4.78, 5) is 34.9. The number of carbonyl (C=O) groups is 1. The van der Waals surface area contributed by atoms with Gasteiger partial charge in [-0.05, 0) is 74.1 Å². The molecule has 1 aromatic carbocycles. The number of anilines is 1. The Morgan fingerprint density at radius 1 is 1.18 bits per heavy atom. The molecule has 0 spiro atoms. The van der Waals surface area contributed by atoms with E-state index in [1.54, 1.807) is 19.2 Å². The van der Waals surface area contributed by atoms with Crippen LogP contribution in [-0.2, 0) is 0 Å². The van der Waals surface area contributed by atoms with E-state index < -0.39 is 22.8 Å². The minimum Gasteiger partial charge on any atom is -0.319 e. The minimum absolute atomic E-state index is 0.0254. The lowest BCUT2D eigenvalue weighted by Gasteiger charge is -2.14. The number of hydrogen-bond donors (Lipinski definition) is 1. The quantitative estimate of drug-likeness (QED) is 0.473. The van der Waals surface area contributed by atoms with Crippen molar-refractivity contribution in [2.45, 2.75) is 32.6 Å². The van der Waals surface area contributed by atoms with Crippen LogP contribution in [0, 0.1) is 19.7 Å². The lowest BCUT2D eigenvalue weighted by atomic mass is 10.1. The summed E-state index contributed by atoms with van der Waals surface area (Å²) >= 11 is 5.90. The van der Waals surface area contributed by atoms with Crippen molar-refractivity contribution >= 4 is 34.2 Å². The third-order valence-electron chi connectivity index (χ3n) is 5.72. The number of nitrogens with one attached hydrogen (secondary N) is 1. The molecule has 7 nitrogen and oxygen atoms in total. The van der Waals surface area contributed by atoms with Gasteiger partial charge in [-0.15, -0.1) is 0 Å². The van der Waals surface area contributed by atoms with Crippen molar-refractivity contribution in [3.63, 3.8) is 0 Å². The number of carbonyl (C=O) groups excluding carboxylic acids is 1. The van der Waals surface area contributed by atoms with Crippen molar-refractivity contribution < 1.29 is 9.18 Å². The van der Waals surface area contributed by atoms with Crippen molar-refractivity contribution in [3.05, 3.63) is 86.3 Å². The van der Waals surface area contributed by atoms with E-state index in [9.17, 15) is 14.0 Å².